The predicted octanol–water partition coefficient (Wildman–Crippen LogP) is 1.15. The van der Waals surface area contributed by atoms with Crippen molar-refractivity contribution in [3.63, 3.8) is 0 Å². The Morgan fingerprint density at radius 1 is 1.60 bits per heavy atom. The quantitative estimate of drug-likeness (QED) is 0.597. The van der Waals surface area contributed by atoms with Gasteiger partial charge in [0.1, 0.15) is 0 Å². The number of nitrogens with two attached hydrogens (primary N) is 1. The highest BCUT2D eigenvalue weighted by Gasteiger charge is 2.26. The van der Waals surface area contributed by atoms with Gasteiger partial charge < -0.3 is 10.5 Å². The molecule has 1 atom stereocenters. The molecular formula is C8H17NO. The molecule has 60 valence electrons. The van der Waals surface area contributed by atoms with E-state index in [9.17, 15) is 0 Å². The lowest BCUT2D eigenvalue weighted by Crippen LogP contribution is -2.35. The predicted molar refractivity (Wildman–Crippen MR) is 41.8 cm³/mol. The van der Waals surface area contributed by atoms with Gasteiger partial charge in [0.05, 0.1) is 12.7 Å². The Kier molecular flexibility index (Phi) is 2.32. The van der Waals surface area contributed by atoms with E-state index in [4.69, 9.17) is 10.5 Å². The summed E-state index contributed by atoms with van der Waals surface area (Å²) >= 11 is 0. The molecule has 1 aliphatic rings. The molecule has 0 bridgehead atoms. The van der Waals surface area contributed by atoms with Gasteiger partial charge in [-0.3, -0.25) is 0 Å². The number of rotatable bonds is 1. The van der Waals surface area contributed by atoms with E-state index in [0.717, 1.165) is 13.0 Å². The van der Waals surface area contributed by atoms with Crippen LogP contribution in [-0.4, -0.2) is 19.3 Å². The van der Waals surface area contributed by atoms with Crippen molar-refractivity contribution in [3.8, 4) is 0 Å². The van der Waals surface area contributed by atoms with Gasteiger partial charge in [-0.1, -0.05) is 13.8 Å². The van der Waals surface area contributed by atoms with Crippen LogP contribution in [0.5, 0.6) is 0 Å². The van der Waals surface area contributed by atoms with Crippen LogP contribution in [0.2, 0.25) is 0 Å². The van der Waals surface area contributed by atoms with Crippen LogP contribution in [0.4, 0.5) is 0 Å². The first-order valence-corrected chi connectivity index (χ1v) is 3.96. The summed E-state index contributed by atoms with van der Waals surface area (Å²) in [6.45, 7) is 6.02. The molecule has 0 aromatic rings. The normalized spacial score (nSPS) is 32.1. The van der Waals surface area contributed by atoms with Crippen LogP contribution in [0, 0.1) is 5.41 Å². The summed E-state index contributed by atoms with van der Waals surface area (Å²) in [6, 6.07) is 0. The second kappa shape index (κ2) is 2.89. The zero-order valence-electron chi connectivity index (χ0n) is 6.89. The minimum Gasteiger partial charge on any atom is -0.376 e. The topological polar surface area (TPSA) is 35.2 Å². The summed E-state index contributed by atoms with van der Waals surface area (Å²) in [4.78, 5) is 0. The monoisotopic (exact) mass is 143 g/mol. The lowest BCUT2D eigenvalue weighted by Gasteiger charge is -2.33. The maximum Gasteiger partial charge on any atom is 0.0697 e. The molecule has 0 spiro atoms. The van der Waals surface area contributed by atoms with Crippen LogP contribution < -0.4 is 5.73 Å². The largest absolute Gasteiger partial charge is 0.376 e. The Bertz CT molecular complexity index is 102. The van der Waals surface area contributed by atoms with Gasteiger partial charge in [0, 0.05) is 6.54 Å². The minimum atomic E-state index is 0.327. The molecule has 2 N–H and O–H groups in total. The van der Waals surface area contributed by atoms with Crippen molar-refractivity contribution >= 4 is 0 Å². The third-order valence-electron chi connectivity index (χ3n) is 2.12. The van der Waals surface area contributed by atoms with Crippen molar-refractivity contribution in [1.29, 1.82) is 0 Å². The number of ether oxygens (including phenoxy) is 1. The third-order valence-corrected chi connectivity index (χ3v) is 2.12. The average Bonchev–Trinajstić information content (AvgIpc) is 1.88. The van der Waals surface area contributed by atoms with E-state index >= 15 is 0 Å². The summed E-state index contributed by atoms with van der Waals surface area (Å²) in [5.74, 6) is 0. The molecule has 0 aliphatic carbocycles. The van der Waals surface area contributed by atoms with Gasteiger partial charge in [-0.2, -0.15) is 0 Å². The Morgan fingerprint density at radius 2 is 2.30 bits per heavy atom. The summed E-state index contributed by atoms with van der Waals surface area (Å²) in [6.07, 6.45) is 2.70. The lowest BCUT2D eigenvalue weighted by molar-refractivity contribution is -0.0430. The van der Waals surface area contributed by atoms with Gasteiger partial charge in [0.2, 0.25) is 0 Å². The molecule has 1 heterocycles. The van der Waals surface area contributed by atoms with E-state index in [-0.39, 0.29) is 0 Å². The zero-order chi connectivity index (χ0) is 7.61. The highest BCUT2D eigenvalue weighted by Crippen LogP contribution is 2.29. The molecule has 0 saturated carbocycles. The molecule has 10 heavy (non-hydrogen) atoms. The Labute approximate surface area is 62.7 Å². The van der Waals surface area contributed by atoms with Gasteiger partial charge in [-0.15, -0.1) is 0 Å². The van der Waals surface area contributed by atoms with E-state index in [1.165, 1.54) is 6.42 Å². The first-order chi connectivity index (χ1) is 4.64. The van der Waals surface area contributed by atoms with E-state index in [2.05, 4.69) is 13.8 Å². The maximum absolute atomic E-state index is 5.52. The Balaban J connectivity index is 2.31. The molecule has 1 rings (SSSR count). The van der Waals surface area contributed by atoms with Gasteiger partial charge in [-0.05, 0) is 18.3 Å². The highest BCUT2D eigenvalue weighted by atomic mass is 16.5. The minimum absolute atomic E-state index is 0.327. The van der Waals surface area contributed by atoms with Crippen LogP contribution >= 0.6 is 0 Å². The van der Waals surface area contributed by atoms with Gasteiger partial charge in [0.25, 0.3) is 0 Å². The second-order valence-corrected chi connectivity index (χ2v) is 3.87. The number of hydrogen-bond donors (Lipinski definition) is 1. The van der Waals surface area contributed by atoms with Gasteiger partial charge >= 0.3 is 0 Å². The van der Waals surface area contributed by atoms with E-state index in [1.807, 2.05) is 0 Å². The molecule has 1 aliphatic heterocycles. The molecule has 1 saturated heterocycles. The fourth-order valence-corrected chi connectivity index (χ4v) is 1.24. The van der Waals surface area contributed by atoms with Crippen molar-refractivity contribution < 1.29 is 4.74 Å². The molecule has 0 aromatic heterocycles. The maximum atomic E-state index is 5.52. The molecule has 1 unspecified atom stereocenters. The summed E-state index contributed by atoms with van der Waals surface area (Å²) in [5.41, 5.74) is 5.85. The first kappa shape index (κ1) is 8.02. The van der Waals surface area contributed by atoms with E-state index in [1.54, 1.807) is 0 Å². The average molecular weight is 143 g/mol. The molecule has 0 radical (unpaired) electrons. The van der Waals surface area contributed by atoms with Crippen molar-refractivity contribution in [1.82, 2.24) is 0 Å². The summed E-state index contributed by atoms with van der Waals surface area (Å²) in [7, 11) is 0. The standard InChI is InChI=1S/C8H17NO/c1-8(2)4-3-7(5-9)10-6-8/h7H,3-6,9H2,1-2H3. The molecule has 2 heteroatoms. The fraction of sp³-hybridized carbons (Fsp3) is 1.00. The molecule has 1 fully saturated rings. The number of hydrogen-bond acceptors (Lipinski definition) is 2. The van der Waals surface area contributed by atoms with Gasteiger partial charge in [-0.25, -0.2) is 0 Å². The highest BCUT2D eigenvalue weighted by molar-refractivity contribution is 4.76. The Hall–Kier alpha value is -0.0800. The van der Waals surface area contributed by atoms with Crippen LogP contribution in [0.15, 0.2) is 0 Å². The van der Waals surface area contributed by atoms with Crippen LogP contribution in [0.1, 0.15) is 26.7 Å². The van der Waals surface area contributed by atoms with Crippen LogP contribution in [0.3, 0.4) is 0 Å². The lowest BCUT2D eigenvalue weighted by atomic mass is 9.85. The first-order valence-electron chi connectivity index (χ1n) is 3.96. The fourth-order valence-electron chi connectivity index (χ4n) is 1.24. The molecule has 0 amide bonds. The molecular weight excluding hydrogens is 126 g/mol. The Morgan fingerprint density at radius 3 is 2.70 bits per heavy atom. The van der Waals surface area contributed by atoms with Crippen molar-refractivity contribution in [2.75, 3.05) is 13.2 Å². The second-order valence-electron chi connectivity index (χ2n) is 3.87. The van der Waals surface area contributed by atoms with Crippen molar-refractivity contribution in [3.05, 3.63) is 0 Å². The zero-order valence-corrected chi connectivity index (χ0v) is 6.89. The summed E-state index contributed by atoms with van der Waals surface area (Å²) < 4.78 is 5.52. The van der Waals surface area contributed by atoms with Crippen LogP contribution in [0.25, 0.3) is 0 Å². The van der Waals surface area contributed by atoms with E-state index < -0.39 is 0 Å². The van der Waals surface area contributed by atoms with Gasteiger partial charge in [0.15, 0.2) is 0 Å². The van der Waals surface area contributed by atoms with E-state index in [0.29, 0.717) is 18.1 Å². The van der Waals surface area contributed by atoms with Crippen molar-refractivity contribution in [2.45, 2.75) is 32.8 Å². The van der Waals surface area contributed by atoms with Crippen molar-refractivity contribution in [2.24, 2.45) is 11.1 Å². The third kappa shape index (κ3) is 1.96. The van der Waals surface area contributed by atoms with Crippen LogP contribution in [-0.2, 0) is 4.74 Å². The molecule has 0 aromatic carbocycles. The SMILES string of the molecule is CC1(C)CCC(CN)OC1. The molecule has 2 nitrogen and oxygen atoms in total. The summed E-state index contributed by atoms with van der Waals surface area (Å²) in [5, 5.41) is 0. The smallest absolute Gasteiger partial charge is 0.0697 e.